The number of hydrogen-bond donors (Lipinski definition) is 2. The fraction of sp³-hybridized carbons (Fsp3) is 0.231. The van der Waals surface area contributed by atoms with Gasteiger partial charge in [-0.3, -0.25) is 4.68 Å². The second kappa shape index (κ2) is 4.41. The lowest BCUT2D eigenvalue weighted by atomic mass is 10.1. The Bertz CT molecular complexity index is 634. The monoisotopic (exact) mass is 241 g/mol. The van der Waals surface area contributed by atoms with Crippen molar-refractivity contribution in [2.24, 2.45) is 7.05 Å². The molecule has 0 saturated carbocycles. The Hall–Kier alpha value is -2.48. The van der Waals surface area contributed by atoms with Crippen LogP contribution in [0.25, 0.3) is 0 Å². The zero-order valence-electron chi connectivity index (χ0n) is 10.7. The minimum Gasteiger partial charge on any atom is -0.394 e. The van der Waals surface area contributed by atoms with Gasteiger partial charge in [0.25, 0.3) is 0 Å². The first-order chi connectivity index (χ1) is 8.52. The lowest BCUT2D eigenvalue weighted by Crippen LogP contribution is -2.02. The molecule has 0 fully saturated rings. The normalized spacial score (nSPS) is 10.1. The van der Waals surface area contributed by atoms with Crippen LogP contribution in [0.5, 0.6) is 0 Å². The van der Waals surface area contributed by atoms with Crippen LogP contribution < -0.4 is 11.1 Å². The van der Waals surface area contributed by atoms with Gasteiger partial charge in [0.15, 0.2) is 5.82 Å². The number of rotatable bonds is 2. The van der Waals surface area contributed by atoms with Gasteiger partial charge in [-0.15, -0.1) is 0 Å². The van der Waals surface area contributed by atoms with Crippen molar-refractivity contribution in [1.29, 1.82) is 5.26 Å². The number of nitrogens with one attached hydrogen (secondary N) is 1. The summed E-state index contributed by atoms with van der Waals surface area (Å²) in [7, 11) is 1.83. The highest BCUT2D eigenvalue weighted by Gasteiger charge is 2.11. The standard InChI is InChI=1S/C13H15N5/c1-8-4-5-10(7-14)6-11(8)16-13-12(15)9(2)17-18(13)3/h4-6,16H,15H2,1-3H3. The number of nitrogen functional groups attached to an aromatic ring is 1. The van der Waals surface area contributed by atoms with Gasteiger partial charge in [0, 0.05) is 12.7 Å². The third kappa shape index (κ3) is 2.00. The molecule has 1 heterocycles. The number of nitrogens with zero attached hydrogens (tertiary/aromatic N) is 3. The van der Waals surface area contributed by atoms with Crippen molar-refractivity contribution in [2.45, 2.75) is 13.8 Å². The van der Waals surface area contributed by atoms with Crippen LogP contribution in [0.1, 0.15) is 16.8 Å². The Morgan fingerprint density at radius 1 is 1.39 bits per heavy atom. The van der Waals surface area contributed by atoms with Gasteiger partial charge in [0.05, 0.1) is 23.0 Å². The van der Waals surface area contributed by atoms with Gasteiger partial charge in [0.1, 0.15) is 0 Å². The van der Waals surface area contributed by atoms with Crippen LogP contribution in [0.4, 0.5) is 17.2 Å². The van der Waals surface area contributed by atoms with E-state index in [9.17, 15) is 0 Å². The molecule has 0 unspecified atom stereocenters. The third-order valence-corrected chi connectivity index (χ3v) is 2.89. The largest absolute Gasteiger partial charge is 0.394 e. The van der Waals surface area contributed by atoms with E-state index in [1.807, 2.05) is 27.0 Å². The SMILES string of the molecule is Cc1ccc(C#N)cc1Nc1c(N)c(C)nn1C. The van der Waals surface area contributed by atoms with E-state index in [2.05, 4.69) is 16.5 Å². The number of aromatic nitrogens is 2. The third-order valence-electron chi connectivity index (χ3n) is 2.89. The average molecular weight is 241 g/mol. The van der Waals surface area contributed by atoms with E-state index in [1.165, 1.54) is 0 Å². The first-order valence-corrected chi connectivity index (χ1v) is 5.59. The number of anilines is 3. The van der Waals surface area contributed by atoms with Crippen LogP contribution in [0.15, 0.2) is 18.2 Å². The molecular weight excluding hydrogens is 226 g/mol. The van der Waals surface area contributed by atoms with Gasteiger partial charge in [-0.2, -0.15) is 10.4 Å². The number of aryl methyl sites for hydroxylation is 3. The molecule has 5 heteroatoms. The van der Waals surface area contributed by atoms with Gasteiger partial charge in [-0.25, -0.2) is 0 Å². The summed E-state index contributed by atoms with van der Waals surface area (Å²) < 4.78 is 1.70. The van der Waals surface area contributed by atoms with Gasteiger partial charge < -0.3 is 11.1 Å². The maximum atomic E-state index is 8.91. The molecule has 2 aromatic rings. The number of benzene rings is 1. The summed E-state index contributed by atoms with van der Waals surface area (Å²) in [4.78, 5) is 0. The van der Waals surface area contributed by atoms with Gasteiger partial charge in [-0.05, 0) is 31.5 Å². The summed E-state index contributed by atoms with van der Waals surface area (Å²) >= 11 is 0. The summed E-state index contributed by atoms with van der Waals surface area (Å²) in [5, 5.41) is 16.4. The van der Waals surface area contributed by atoms with E-state index in [-0.39, 0.29) is 0 Å². The second-order valence-corrected chi connectivity index (χ2v) is 4.24. The highest BCUT2D eigenvalue weighted by Crippen LogP contribution is 2.27. The Morgan fingerprint density at radius 2 is 2.11 bits per heavy atom. The zero-order valence-corrected chi connectivity index (χ0v) is 10.7. The maximum absolute atomic E-state index is 8.91. The molecule has 0 spiro atoms. The number of nitrogens with two attached hydrogens (primary N) is 1. The molecule has 0 atom stereocenters. The average Bonchev–Trinajstić information content (AvgIpc) is 2.58. The van der Waals surface area contributed by atoms with Crippen LogP contribution in [0.3, 0.4) is 0 Å². The molecule has 2 rings (SSSR count). The smallest absolute Gasteiger partial charge is 0.152 e. The van der Waals surface area contributed by atoms with Gasteiger partial charge in [0.2, 0.25) is 0 Å². The Morgan fingerprint density at radius 3 is 2.67 bits per heavy atom. The molecule has 1 aromatic heterocycles. The van der Waals surface area contributed by atoms with Crippen molar-refractivity contribution in [2.75, 3.05) is 11.1 Å². The van der Waals surface area contributed by atoms with Crippen molar-refractivity contribution in [3.63, 3.8) is 0 Å². The first-order valence-electron chi connectivity index (χ1n) is 5.59. The molecule has 0 saturated heterocycles. The van der Waals surface area contributed by atoms with Crippen LogP contribution >= 0.6 is 0 Å². The van der Waals surface area contributed by atoms with Crippen LogP contribution in [0, 0.1) is 25.2 Å². The fourth-order valence-electron chi connectivity index (χ4n) is 1.78. The topological polar surface area (TPSA) is 79.7 Å². The van der Waals surface area contributed by atoms with Gasteiger partial charge in [-0.1, -0.05) is 6.07 Å². The molecular formula is C13H15N5. The minimum atomic E-state index is 0.612. The first kappa shape index (κ1) is 12.0. The molecule has 3 N–H and O–H groups in total. The highest BCUT2D eigenvalue weighted by atomic mass is 15.3. The molecule has 1 aromatic carbocycles. The second-order valence-electron chi connectivity index (χ2n) is 4.24. The summed E-state index contributed by atoms with van der Waals surface area (Å²) in [5.41, 5.74) is 9.90. The molecule has 92 valence electrons. The van der Waals surface area contributed by atoms with Crippen LogP contribution in [-0.2, 0) is 7.05 Å². The predicted molar refractivity (Wildman–Crippen MR) is 71.5 cm³/mol. The Kier molecular flexibility index (Phi) is 2.94. The van der Waals surface area contributed by atoms with Crippen molar-refractivity contribution in [1.82, 2.24) is 9.78 Å². The van der Waals surface area contributed by atoms with E-state index in [0.29, 0.717) is 11.3 Å². The molecule has 5 nitrogen and oxygen atoms in total. The molecule has 0 radical (unpaired) electrons. The zero-order chi connectivity index (χ0) is 13.3. The lowest BCUT2D eigenvalue weighted by Gasteiger charge is -2.10. The molecule has 0 aliphatic carbocycles. The summed E-state index contributed by atoms with van der Waals surface area (Å²) in [6.07, 6.45) is 0. The maximum Gasteiger partial charge on any atom is 0.152 e. The molecule has 0 aliphatic rings. The minimum absolute atomic E-state index is 0.612. The van der Waals surface area contributed by atoms with Crippen molar-refractivity contribution < 1.29 is 0 Å². The van der Waals surface area contributed by atoms with E-state index in [4.69, 9.17) is 11.0 Å². The predicted octanol–water partition coefficient (Wildman–Crippen LogP) is 2.23. The number of hydrogen-bond acceptors (Lipinski definition) is 4. The molecule has 0 aliphatic heterocycles. The van der Waals surface area contributed by atoms with Crippen LogP contribution in [0.2, 0.25) is 0 Å². The van der Waals surface area contributed by atoms with Gasteiger partial charge >= 0.3 is 0 Å². The molecule has 18 heavy (non-hydrogen) atoms. The highest BCUT2D eigenvalue weighted by molar-refractivity contribution is 5.73. The lowest BCUT2D eigenvalue weighted by molar-refractivity contribution is 0.765. The van der Waals surface area contributed by atoms with E-state index >= 15 is 0 Å². The summed E-state index contributed by atoms with van der Waals surface area (Å²) in [5.74, 6) is 0.741. The van der Waals surface area contributed by atoms with Crippen molar-refractivity contribution >= 4 is 17.2 Å². The molecule has 0 amide bonds. The summed E-state index contributed by atoms with van der Waals surface area (Å²) in [6, 6.07) is 7.62. The Balaban J connectivity index is 2.43. The Labute approximate surface area is 106 Å². The van der Waals surface area contributed by atoms with E-state index < -0.39 is 0 Å². The van der Waals surface area contributed by atoms with E-state index in [0.717, 1.165) is 22.8 Å². The quantitative estimate of drug-likeness (QED) is 0.845. The number of nitriles is 1. The molecule has 0 bridgehead atoms. The van der Waals surface area contributed by atoms with E-state index in [1.54, 1.807) is 16.8 Å². The fourth-order valence-corrected chi connectivity index (χ4v) is 1.78. The summed E-state index contributed by atoms with van der Waals surface area (Å²) in [6.45, 7) is 3.84. The van der Waals surface area contributed by atoms with Crippen molar-refractivity contribution in [3.05, 3.63) is 35.0 Å². The van der Waals surface area contributed by atoms with Crippen molar-refractivity contribution in [3.8, 4) is 6.07 Å². The van der Waals surface area contributed by atoms with Crippen LogP contribution in [-0.4, -0.2) is 9.78 Å².